The molecule has 1 fully saturated rings. The number of aliphatic carboxylic acids is 1. The van der Waals surface area contributed by atoms with Crippen LogP contribution in [0.3, 0.4) is 0 Å². The molecule has 3 aromatic rings. The van der Waals surface area contributed by atoms with E-state index in [1.165, 1.54) is 4.90 Å². The van der Waals surface area contributed by atoms with Gasteiger partial charge in [-0.1, -0.05) is 78.9 Å². The average molecular weight is 469 g/mol. The van der Waals surface area contributed by atoms with Crippen LogP contribution in [0.2, 0.25) is 0 Å². The molecule has 35 heavy (non-hydrogen) atoms. The molecule has 0 radical (unpaired) electrons. The number of benzene rings is 3. The summed E-state index contributed by atoms with van der Waals surface area (Å²) < 4.78 is 5.75. The topological polar surface area (TPSA) is 88.1 Å². The number of hydrogen-bond acceptors (Lipinski definition) is 5. The van der Waals surface area contributed by atoms with Gasteiger partial charge >= 0.3 is 12.1 Å². The number of fused-ring (bicyclic) bond motifs is 3. The maximum Gasteiger partial charge on any atom is 0.410 e. The molecule has 176 valence electrons. The van der Waals surface area contributed by atoms with Crippen LogP contribution in [0.1, 0.15) is 29.0 Å². The number of carbonyl (C=O) groups excluding carboxylic acids is 1. The molecule has 0 saturated carbocycles. The van der Waals surface area contributed by atoms with E-state index in [4.69, 9.17) is 9.57 Å². The van der Waals surface area contributed by atoms with Crippen molar-refractivity contribution in [2.75, 3.05) is 13.2 Å². The highest BCUT2D eigenvalue weighted by molar-refractivity contribution is 5.82. The molecule has 1 aliphatic carbocycles. The summed E-state index contributed by atoms with van der Waals surface area (Å²) in [5.41, 5.74) is 8.14. The number of carboxylic acids is 1. The summed E-state index contributed by atoms with van der Waals surface area (Å²) in [6.07, 6.45) is 1.35. The lowest BCUT2D eigenvalue weighted by Gasteiger charge is -2.23. The minimum atomic E-state index is -1.08. The third-order valence-corrected chi connectivity index (χ3v) is 7.07. The molecule has 2 atom stereocenters. The second-order valence-electron chi connectivity index (χ2n) is 9.18. The largest absolute Gasteiger partial charge is 0.480 e. The molecule has 2 heterocycles. The second kappa shape index (κ2) is 8.29. The number of likely N-dealkylation sites (tertiary alicyclic amines) is 1. The van der Waals surface area contributed by atoms with Gasteiger partial charge in [0, 0.05) is 12.3 Å². The molecule has 1 spiro atoms. The third kappa shape index (κ3) is 3.65. The van der Waals surface area contributed by atoms with Gasteiger partial charge in [-0.2, -0.15) is 0 Å². The van der Waals surface area contributed by atoms with E-state index in [1.54, 1.807) is 0 Å². The number of nitrogens with one attached hydrogen (secondary N) is 1. The summed E-state index contributed by atoms with van der Waals surface area (Å²) in [7, 11) is 0. The molecule has 1 saturated heterocycles. The molecular formula is C28H24N2O5. The Morgan fingerprint density at radius 2 is 1.60 bits per heavy atom. The standard InChI is InChI=1S/C28H24N2O5/c31-26(32)25-15-28(14-24(29-35-28)18-8-2-1-3-9-18)17-30(25)27(33)34-16-23-21-12-6-4-10-19(21)20-11-5-7-13-22(20)23/h1-14,23,25,29H,15-17H2,(H,31,32)/t25?,28-/m1/s1. The Hall–Kier alpha value is -4.10. The smallest absolute Gasteiger partial charge is 0.410 e. The Morgan fingerprint density at radius 1 is 0.971 bits per heavy atom. The lowest BCUT2D eigenvalue weighted by molar-refractivity contribution is -0.141. The SMILES string of the molecule is O=C(O)C1C[C@]2(C=C(c3ccccc3)NO2)CN1C(=O)OCC1c2ccccc2-c2ccccc21. The fourth-order valence-corrected chi connectivity index (χ4v) is 5.41. The maximum absolute atomic E-state index is 13.2. The molecule has 6 rings (SSSR count). The molecule has 3 aromatic carbocycles. The van der Waals surface area contributed by atoms with Gasteiger partial charge in [-0.05, 0) is 33.9 Å². The first-order valence-electron chi connectivity index (χ1n) is 11.6. The van der Waals surface area contributed by atoms with E-state index < -0.39 is 23.7 Å². The summed E-state index contributed by atoms with van der Waals surface area (Å²) in [5.74, 6) is -1.18. The summed E-state index contributed by atoms with van der Waals surface area (Å²) >= 11 is 0. The van der Waals surface area contributed by atoms with Gasteiger partial charge < -0.3 is 9.84 Å². The molecule has 0 aromatic heterocycles. The average Bonchev–Trinajstić information content (AvgIpc) is 3.58. The first kappa shape index (κ1) is 21.4. The van der Waals surface area contributed by atoms with E-state index >= 15 is 0 Å². The van der Waals surface area contributed by atoms with E-state index in [1.807, 2.05) is 72.8 Å². The zero-order chi connectivity index (χ0) is 24.0. The minimum Gasteiger partial charge on any atom is -0.480 e. The first-order chi connectivity index (χ1) is 17.0. The van der Waals surface area contributed by atoms with Gasteiger partial charge in [0.2, 0.25) is 0 Å². The zero-order valence-electron chi connectivity index (χ0n) is 18.9. The van der Waals surface area contributed by atoms with Gasteiger partial charge in [-0.3, -0.25) is 15.2 Å². The molecule has 3 aliphatic rings. The van der Waals surface area contributed by atoms with Crippen LogP contribution in [0, 0.1) is 0 Å². The Kier molecular flexibility index (Phi) is 5.07. The van der Waals surface area contributed by atoms with Crippen molar-refractivity contribution >= 4 is 17.8 Å². The molecule has 0 bridgehead atoms. The molecule has 2 N–H and O–H groups in total. The van der Waals surface area contributed by atoms with E-state index in [-0.39, 0.29) is 25.5 Å². The zero-order valence-corrected chi connectivity index (χ0v) is 18.9. The Balaban J connectivity index is 1.21. The van der Waals surface area contributed by atoms with Crippen LogP contribution in [-0.4, -0.2) is 46.9 Å². The van der Waals surface area contributed by atoms with Crippen molar-refractivity contribution in [2.24, 2.45) is 0 Å². The quantitative estimate of drug-likeness (QED) is 0.590. The summed E-state index contributed by atoms with van der Waals surface area (Å²) in [4.78, 5) is 32.3. The molecule has 7 nitrogen and oxygen atoms in total. The molecule has 2 aliphatic heterocycles. The predicted octanol–water partition coefficient (Wildman–Crippen LogP) is 4.41. The number of hydrogen-bond donors (Lipinski definition) is 2. The highest BCUT2D eigenvalue weighted by Gasteiger charge is 2.52. The fourth-order valence-electron chi connectivity index (χ4n) is 5.41. The predicted molar refractivity (Wildman–Crippen MR) is 129 cm³/mol. The van der Waals surface area contributed by atoms with Gasteiger partial charge in [0.1, 0.15) is 18.2 Å². The highest BCUT2D eigenvalue weighted by atomic mass is 16.7. The van der Waals surface area contributed by atoms with Crippen LogP contribution >= 0.6 is 0 Å². The second-order valence-corrected chi connectivity index (χ2v) is 9.18. The number of carbonyl (C=O) groups is 2. The van der Waals surface area contributed by atoms with Crippen LogP contribution in [0.15, 0.2) is 84.9 Å². The molecule has 7 heteroatoms. The lowest BCUT2D eigenvalue weighted by atomic mass is 9.98. The third-order valence-electron chi connectivity index (χ3n) is 7.07. The Bertz CT molecular complexity index is 1290. The monoisotopic (exact) mass is 468 g/mol. The van der Waals surface area contributed by atoms with Crippen molar-refractivity contribution in [3.05, 3.63) is 102 Å². The number of rotatable bonds is 4. The highest BCUT2D eigenvalue weighted by Crippen LogP contribution is 2.45. The van der Waals surface area contributed by atoms with Crippen molar-refractivity contribution in [3.63, 3.8) is 0 Å². The lowest BCUT2D eigenvalue weighted by Crippen LogP contribution is -2.42. The summed E-state index contributed by atoms with van der Waals surface area (Å²) in [6, 6.07) is 24.8. The Labute approximate surface area is 202 Å². The number of amides is 1. The van der Waals surface area contributed by atoms with Gasteiger partial charge in [0.05, 0.1) is 12.2 Å². The van der Waals surface area contributed by atoms with Crippen LogP contribution in [-0.2, 0) is 14.4 Å². The first-order valence-corrected chi connectivity index (χ1v) is 11.6. The summed E-state index contributed by atoms with van der Waals surface area (Å²) in [5, 5.41) is 9.85. The minimum absolute atomic E-state index is 0.0873. The maximum atomic E-state index is 13.2. The molecule has 1 unspecified atom stereocenters. The van der Waals surface area contributed by atoms with E-state index in [0.29, 0.717) is 0 Å². The number of hydroxylamine groups is 1. The van der Waals surface area contributed by atoms with Crippen LogP contribution in [0.4, 0.5) is 4.79 Å². The van der Waals surface area contributed by atoms with Crippen molar-refractivity contribution < 1.29 is 24.3 Å². The summed E-state index contributed by atoms with van der Waals surface area (Å²) in [6.45, 7) is 0.219. The van der Waals surface area contributed by atoms with Gasteiger partial charge in [-0.25, -0.2) is 9.59 Å². The van der Waals surface area contributed by atoms with E-state index in [0.717, 1.165) is 33.5 Å². The molecular weight excluding hydrogens is 444 g/mol. The van der Waals surface area contributed by atoms with Gasteiger partial charge in [0.15, 0.2) is 0 Å². The number of nitrogens with zero attached hydrogens (tertiary/aromatic N) is 1. The van der Waals surface area contributed by atoms with Gasteiger partial charge in [-0.15, -0.1) is 0 Å². The van der Waals surface area contributed by atoms with Crippen LogP contribution in [0.5, 0.6) is 0 Å². The fraction of sp³-hybridized carbons (Fsp3) is 0.214. The normalized spacial score (nSPS) is 22.5. The van der Waals surface area contributed by atoms with Gasteiger partial charge in [0.25, 0.3) is 0 Å². The Morgan fingerprint density at radius 3 is 2.26 bits per heavy atom. The van der Waals surface area contributed by atoms with Crippen LogP contribution in [0.25, 0.3) is 16.8 Å². The number of carboxylic acid groups (broad SMARTS) is 1. The van der Waals surface area contributed by atoms with Crippen molar-refractivity contribution in [1.82, 2.24) is 10.4 Å². The van der Waals surface area contributed by atoms with Crippen molar-refractivity contribution in [3.8, 4) is 11.1 Å². The number of ether oxygens (including phenoxy) is 1. The van der Waals surface area contributed by atoms with Crippen molar-refractivity contribution in [2.45, 2.75) is 24.0 Å². The van der Waals surface area contributed by atoms with Crippen LogP contribution < -0.4 is 5.48 Å². The van der Waals surface area contributed by atoms with E-state index in [9.17, 15) is 14.7 Å². The van der Waals surface area contributed by atoms with Crippen molar-refractivity contribution in [1.29, 1.82) is 0 Å². The molecule has 1 amide bonds. The van der Waals surface area contributed by atoms with E-state index in [2.05, 4.69) is 17.6 Å².